The number of ether oxygens (including phenoxy) is 1. The van der Waals surface area contributed by atoms with Crippen LogP contribution in [0.2, 0.25) is 0 Å². The average Bonchev–Trinajstić information content (AvgIpc) is 2.60. The number of carbonyl (C=O) groups excluding carboxylic acids is 1. The predicted molar refractivity (Wildman–Crippen MR) is 82.6 cm³/mol. The van der Waals surface area contributed by atoms with Gasteiger partial charge in [0.2, 0.25) is 5.91 Å². The Kier molecular flexibility index (Phi) is 4.35. The van der Waals surface area contributed by atoms with Crippen molar-refractivity contribution in [3.8, 4) is 6.07 Å². The third-order valence-corrected chi connectivity index (χ3v) is 3.80. The molecule has 7 nitrogen and oxygen atoms in total. The first-order valence-electron chi connectivity index (χ1n) is 7.44. The summed E-state index contributed by atoms with van der Waals surface area (Å²) in [6, 6.07) is 9.10. The summed E-state index contributed by atoms with van der Waals surface area (Å²) in [6.07, 6.45) is 0.0266. The molecule has 1 unspecified atom stereocenters. The Hall–Kier alpha value is -2.72. The molecule has 1 fully saturated rings. The number of aromatic amines is 1. The second-order valence-electron chi connectivity index (χ2n) is 5.36. The molecule has 2 heterocycles. The molecule has 2 aromatic rings. The highest BCUT2D eigenvalue weighted by Crippen LogP contribution is 2.09. The Bertz CT molecular complexity index is 824. The number of nitriles is 1. The van der Waals surface area contributed by atoms with Crippen molar-refractivity contribution in [1.29, 1.82) is 5.26 Å². The first-order valence-corrected chi connectivity index (χ1v) is 7.44. The van der Waals surface area contributed by atoms with E-state index in [0.717, 1.165) is 0 Å². The number of H-pyrrole nitrogens is 1. The lowest BCUT2D eigenvalue weighted by Gasteiger charge is -2.29. The average molecular weight is 312 g/mol. The van der Waals surface area contributed by atoms with Gasteiger partial charge in [-0.15, -0.1) is 0 Å². The Morgan fingerprint density at radius 1 is 1.48 bits per heavy atom. The normalized spacial score (nSPS) is 17.9. The molecule has 1 aromatic carbocycles. The first-order chi connectivity index (χ1) is 11.2. The fraction of sp³-hybridized carbons (Fsp3) is 0.375. The van der Waals surface area contributed by atoms with Crippen LogP contribution in [-0.4, -0.2) is 46.6 Å². The molecule has 3 rings (SSSR count). The summed E-state index contributed by atoms with van der Waals surface area (Å²) < 4.78 is 5.22. The quantitative estimate of drug-likeness (QED) is 0.895. The van der Waals surface area contributed by atoms with E-state index in [1.165, 1.54) is 0 Å². The number of amides is 1. The van der Waals surface area contributed by atoms with Crippen LogP contribution in [0.1, 0.15) is 12.2 Å². The van der Waals surface area contributed by atoms with Gasteiger partial charge in [-0.3, -0.25) is 9.59 Å². The molecule has 1 N–H and O–H groups in total. The van der Waals surface area contributed by atoms with Gasteiger partial charge in [-0.05, 0) is 12.1 Å². The van der Waals surface area contributed by atoms with Crippen molar-refractivity contribution in [2.24, 2.45) is 0 Å². The highest BCUT2D eigenvalue weighted by Gasteiger charge is 2.23. The van der Waals surface area contributed by atoms with E-state index >= 15 is 0 Å². The lowest BCUT2D eigenvalue weighted by Crippen LogP contribution is -2.45. The van der Waals surface area contributed by atoms with Gasteiger partial charge in [0.15, 0.2) is 6.10 Å². The summed E-state index contributed by atoms with van der Waals surface area (Å²) >= 11 is 0. The zero-order valence-corrected chi connectivity index (χ0v) is 12.5. The second kappa shape index (κ2) is 6.58. The number of nitrogens with zero attached hydrogens (tertiary/aromatic N) is 3. The van der Waals surface area contributed by atoms with Crippen LogP contribution in [-0.2, 0) is 16.0 Å². The van der Waals surface area contributed by atoms with E-state index in [2.05, 4.69) is 9.97 Å². The van der Waals surface area contributed by atoms with Gasteiger partial charge in [0.05, 0.1) is 30.1 Å². The molecule has 1 amide bonds. The van der Waals surface area contributed by atoms with Crippen LogP contribution in [0.4, 0.5) is 0 Å². The van der Waals surface area contributed by atoms with Crippen molar-refractivity contribution < 1.29 is 9.53 Å². The molecule has 118 valence electrons. The maximum atomic E-state index is 12.2. The molecule has 1 aliphatic heterocycles. The molecule has 0 bridgehead atoms. The van der Waals surface area contributed by atoms with Crippen LogP contribution in [0.15, 0.2) is 29.1 Å². The Balaban J connectivity index is 1.67. The van der Waals surface area contributed by atoms with Gasteiger partial charge in [-0.1, -0.05) is 12.1 Å². The molecule has 23 heavy (non-hydrogen) atoms. The maximum absolute atomic E-state index is 12.2. The van der Waals surface area contributed by atoms with Gasteiger partial charge >= 0.3 is 0 Å². The monoisotopic (exact) mass is 312 g/mol. The number of aryl methyl sites for hydroxylation is 1. The van der Waals surface area contributed by atoms with Crippen LogP contribution < -0.4 is 5.56 Å². The molecule has 1 aromatic heterocycles. The van der Waals surface area contributed by atoms with Gasteiger partial charge in [0.1, 0.15) is 5.82 Å². The lowest BCUT2D eigenvalue weighted by molar-refractivity contribution is -0.136. The van der Waals surface area contributed by atoms with E-state index in [-0.39, 0.29) is 24.4 Å². The summed E-state index contributed by atoms with van der Waals surface area (Å²) in [5.74, 6) is 0.427. The van der Waals surface area contributed by atoms with E-state index in [1.54, 1.807) is 23.1 Å². The van der Waals surface area contributed by atoms with E-state index in [4.69, 9.17) is 10.00 Å². The van der Waals surface area contributed by atoms with Crippen molar-refractivity contribution in [1.82, 2.24) is 14.9 Å². The zero-order chi connectivity index (χ0) is 16.2. The van der Waals surface area contributed by atoms with E-state index in [1.807, 2.05) is 12.1 Å². The molecule has 0 spiro atoms. The minimum Gasteiger partial charge on any atom is -0.360 e. The third-order valence-electron chi connectivity index (χ3n) is 3.80. The summed E-state index contributed by atoms with van der Waals surface area (Å²) in [7, 11) is 0. The first kappa shape index (κ1) is 15.2. The van der Waals surface area contributed by atoms with Gasteiger partial charge < -0.3 is 14.6 Å². The largest absolute Gasteiger partial charge is 0.360 e. The number of hydrogen-bond donors (Lipinski definition) is 1. The Morgan fingerprint density at radius 3 is 3.13 bits per heavy atom. The Labute approximate surface area is 132 Å². The van der Waals surface area contributed by atoms with Crippen LogP contribution in [0.3, 0.4) is 0 Å². The van der Waals surface area contributed by atoms with Crippen LogP contribution in [0, 0.1) is 11.3 Å². The number of rotatable bonds is 3. The highest BCUT2D eigenvalue weighted by atomic mass is 16.5. The fourth-order valence-electron chi connectivity index (χ4n) is 2.59. The SMILES string of the molecule is N#CC1CN(C(=O)CCc2nc3ccccc3c(=O)[nH]2)CCO1. The minimum atomic E-state index is -0.564. The van der Waals surface area contributed by atoms with Crippen molar-refractivity contribution in [2.75, 3.05) is 19.7 Å². The topological polar surface area (TPSA) is 99.1 Å². The molecule has 1 saturated heterocycles. The number of fused-ring (bicyclic) bond motifs is 1. The number of para-hydroxylation sites is 1. The van der Waals surface area contributed by atoms with Crippen LogP contribution in [0.5, 0.6) is 0 Å². The number of benzene rings is 1. The number of aromatic nitrogens is 2. The van der Waals surface area contributed by atoms with Crippen molar-refractivity contribution in [3.05, 3.63) is 40.4 Å². The van der Waals surface area contributed by atoms with Gasteiger partial charge in [0.25, 0.3) is 5.56 Å². The Morgan fingerprint density at radius 2 is 2.30 bits per heavy atom. The highest BCUT2D eigenvalue weighted by molar-refractivity contribution is 5.78. The maximum Gasteiger partial charge on any atom is 0.258 e. The van der Waals surface area contributed by atoms with Crippen LogP contribution in [0.25, 0.3) is 10.9 Å². The predicted octanol–water partition coefficient (Wildman–Crippen LogP) is 0.607. The van der Waals surface area contributed by atoms with Gasteiger partial charge in [0, 0.05) is 19.4 Å². The van der Waals surface area contributed by atoms with Crippen LogP contribution >= 0.6 is 0 Å². The second-order valence-corrected chi connectivity index (χ2v) is 5.36. The molecule has 1 aliphatic rings. The number of morpholine rings is 1. The summed E-state index contributed by atoms with van der Waals surface area (Å²) in [5.41, 5.74) is 0.420. The third kappa shape index (κ3) is 3.38. The molecule has 1 atom stereocenters. The zero-order valence-electron chi connectivity index (χ0n) is 12.5. The molecular weight excluding hydrogens is 296 g/mol. The van der Waals surface area contributed by atoms with Gasteiger partial charge in [-0.2, -0.15) is 5.26 Å². The van der Waals surface area contributed by atoms with E-state index in [9.17, 15) is 9.59 Å². The molecule has 7 heteroatoms. The standard InChI is InChI=1S/C16H16N4O3/c17-9-11-10-20(7-8-23-11)15(21)6-5-14-18-13-4-2-1-3-12(13)16(22)19-14/h1-4,11H,5-8,10H2,(H,18,19,22). The number of hydrogen-bond acceptors (Lipinski definition) is 5. The molecule has 0 saturated carbocycles. The summed E-state index contributed by atoms with van der Waals surface area (Å²) in [4.78, 5) is 32.9. The smallest absolute Gasteiger partial charge is 0.258 e. The fourth-order valence-corrected chi connectivity index (χ4v) is 2.59. The summed E-state index contributed by atoms with van der Waals surface area (Å²) in [5, 5.41) is 9.40. The molecule has 0 radical (unpaired) electrons. The minimum absolute atomic E-state index is 0.0654. The summed E-state index contributed by atoms with van der Waals surface area (Å²) in [6.45, 7) is 1.14. The number of carbonyl (C=O) groups is 1. The molecule has 0 aliphatic carbocycles. The lowest BCUT2D eigenvalue weighted by atomic mass is 10.2. The van der Waals surface area contributed by atoms with Crippen molar-refractivity contribution in [3.63, 3.8) is 0 Å². The van der Waals surface area contributed by atoms with Crippen molar-refractivity contribution in [2.45, 2.75) is 18.9 Å². The number of nitrogens with one attached hydrogen (secondary N) is 1. The van der Waals surface area contributed by atoms with Gasteiger partial charge in [-0.25, -0.2) is 4.98 Å². The van der Waals surface area contributed by atoms with E-state index in [0.29, 0.717) is 36.3 Å². The molecular formula is C16H16N4O3. The van der Waals surface area contributed by atoms with E-state index < -0.39 is 6.10 Å². The van der Waals surface area contributed by atoms with Crippen molar-refractivity contribution >= 4 is 16.8 Å².